The Hall–Kier alpha value is -3.90. The number of para-hydroxylation sites is 1. The zero-order valence-corrected chi connectivity index (χ0v) is 23.8. The molecule has 4 nitrogen and oxygen atoms in total. The van der Waals surface area contributed by atoms with E-state index in [2.05, 4.69) is 81.9 Å². The maximum Gasteiger partial charge on any atom is 0.175 e. The van der Waals surface area contributed by atoms with Crippen molar-refractivity contribution in [1.29, 1.82) is 0 Å². The molecule has 4 aromatic carbocycles. The van der Waals surface area contributed by atoms with Crippen molar-refractivity contribution in [3.63, 3.8) is 0 Å². The monoisotopic (exact) mass is 596 g/mol. The van der Waals surface area contributed by atoms with Gasteiger partial charge in [-0.25, -0.2) is 4.39 Å². The lowest BCUT2D eigenvalue weighted by Crippen LogP contribution is -2.28. The van der Waals surface area contributed by atoms with Crippen LogP contribution in [0.5, 0.6) is 11.5 Å². The number of ether oxygens (including phenoxy) is 2. The molecule has 4 aromatic rings. The van der Waals surface area contributed by atoms with Gasteiger partial charge in [0.1, 0.15) is 12.4 Å². The van der Waals surface area contributed by atoms with Crippen LogP contribution in [0.3, 0.4) is 0 Å². The minimum absolute atomic E-state index is 0.264. The predicted octanol–water partition coefficient (Wildman–Crippen LogP) is 9.14. The van der Waals surface area contributed by atoms with Crippen molar-refractivity contribution in [2.75, 3.05) is 11.9 Å². The van der Waals surface area contributed by atoms with E-state index >= 15 is 0 Å². The Labute approximate surface area is 242 Å². The van der Waals surface area contributed by atoms with Gasteiger partial charge >= 0.3 is 0 Å². The molecule has 0 spiro atoms. The van der Waals surface area contributed by atoms with Crippen LogP contribution in [0.2, 0.25) is 0 Å². The number of nitrogens with zero attached hydrogens (tertiary/aromatic N) is 1. The van der Waals surface area contributed by atoms with Gasteiger partial charge in [-0.3, -0.25) is 4.99 Å². The van der Waals surface area contributed by atoms with Crippen molar-refractivity contribution in [3.05, 3.63) is 130 Å². The summed E-state index contributed by atoms with van der Waals surface area (Å²) < 4.78 is 25.9. The summed E-state index contributed by atoms with van der Waals surface area (Å²) in [5, 5.41) is 3.79. The first kappa shape index (κ1) is 26.3. The number of benzene rings is 4. The first-order valence-corrected chi connectivity index (χ1v) is 14.4. The summed E-state index contributed by atoms with van der Waals surface area (Å²) in [6, 6.07) is 27.6. The topological polar surface area (TPSA) is 42.8 Å². The van der Waals surface area contributed by atoms with Gasteiger partial charge in [-0.15, -0.1) is 0 Å². The Morgan fingerprint density at radius 1 is 1.00 bits per heavy atom. The van der Waals surface area contributed by atoms with Crippen LogP contribution in [0.15, 0.2) is 107 Å². The molecular formula is C34H30BrFN2O2. The Morgan fingerprint density at radius 3 is 2.60 bits per heavy atom. The molecule has 40 heavy (non-hydrogen) atoms. The summed E-state index contributed by atoms with van der Waals surface area (Å²) in [4.78, 5) is 4.73. The SMILES string of the molecule is CCOc1cc(C=Nc2ccc([C@@H]3Nc4ccccc4[C@@H]4C=CC[C@@H]43)cc2)cc(Br)c1OCc1ccc(F)cc1. The number of fused-ring (bicyclic) bond motifs is 3. The lowest BCUT2D eigenvalue weighted by Gasteiger charge is -2.37. The van der Waals surface area contributed by atoms with Gasteiger partial charge in [-0.1, -0.05) is 54.6 Å². The third kappa shape index (κ3) is 5.54. The van der Waals surface area contributed by atoms with E-state index in [9.17, 15) is 4.39 Å². The molecule has 1 aliphatic carbocycles. The zero-order valence-electron chi connectivity index (χ0n) is 22.2. The number of hydrogen-bond acceptors (Lipinski definition) is 4. The van der Waals surface area contributed by atoms with Crippen molar-refractivity contribution in [2.24, 2.45) is 10.9 Å². The molecule has 202 valence electrons. The van der Waals surface area contributed by atoms with Crippen molar-refractivity contribution in [1.82, 2.24) is 0 Å². The van der Waals surface area contributed by atoms with Crippen LogP contribution in [0.4, 0.5) is 15.8 Å². The Morgan fingerprint density at radius 2 is 1.80 bits per heavy atom. The van der Waals surface area contributed by atoms with E-state index in [0.29, 0.717) is 36.5 Å². The second-order valence-electron chi connectivity index (χ2n) is 10.1. The number of rotatable bonds is 8. The number of hydrogen-bond donors (Lipinski definition) is 1. The quantitative estimate of drug-likeness (QED) is 0.163. The van der Waals surface area contributed by atoms with Crippen LogP contribution in [0.1, 0.15) is 47.6 Å². The summed E-state index contributed by atoms with van der Waals surface area (Å²) >= 11 is 3.63. The molecule has 0 saturated carbocycles. The minimum Gasteiger partial charge on any atom is -0.490 e. The fourth-order valence-corrected chi connectivity index (χ4v) is 6.17. The highest BCUT2D eigenvalue weighted by Gasteiger charge is 2.37. The van der Waals surface area contributed by atoms with Crippen molar-refractivity contribution >= 4 is 33.5 Å². The van der Waals surface area contributed by atoms with E-state index in [1.54, 1.807) is 12.1 Å². The summed E-state index contributed by atoms with van der Waals surface area (Å²) in [5.41, 5.74) is 6.53. The molecule has 0 unspecified atom stereocenters. The first-order chi connectivity index (χ1) is 19.6. The van der Waals surface area contributed by atoms with Crippen LogP contribution < -0.4 is 14.8 Å². The van der Waals surface area contributed by atoms with Gasteiger partial charge in [0.25, 0.3) is 0 Å². The van der Waals surface area contributed by atoms with Crippen molar-refractivity contribution in [2.45, 2.75) is 31.9 Å². The van der Waals surface area contributed by atoms with Crippen LogP contribution in [-0.4, -0.2) is 12.8 Å². The number of halogens is 2. The van der Waals surface area contributed by atoms with Crippen LogP contribution in [0.25, 0.3) is 0 Å². The molecule has 2 aliphatic rings. The third-order valence-corrected chi connectivity index (χ3v) is 8.10. The normalized spacial score (nSPS) is 19.2. The molecule has 0 saturated heterocycles. The minimum atomic E-state index is -0.269. The second kappa shape index (κ2) is 11.7. The van der Waals surface area contributed by atoms with Gasteiger partial charge in [0, 0.05) is 17.8 Å². The van der Waals surface area contributed by atoms with E-state index in [1.165, 1.54) is 28.9 Å². The number of nitrogens with one attached hydrogen (secondary N) is 1. The van der Waals surface area contributed by atoms with Crippen LogP contribution >= 0.6 is 15.9 Å². The smallest absolute Gasteiger partial charge is 0.175 e. The van der Waals surface area contributed by atoms with Crippen molar-refractivity contribution < 1.29 is 13.9 Å². The van der Waals surface area contributed by atoms with E-state index in [-0.39, 0.29) is 11.9 Å². The molecule has 3 atom stereocenters. The Kier molecular flexibility index (Phi) is 7.69. The molecule has 1 heterocycles. The highest BCUT2D eigenvalue weighted by molar-refractivity contribution is 9.10. The molecule has 0 radical (unpaired) electrons. The summed E-state index contributed by atoms with van der Waals surface area (Å²) in [5.74, 6) is 1.94. The molecular weight excluding hydrogens is 567 g/mol. The van der Waals surface area contributed by atoms with E-state index in [4.69, 9.17) is 14.5 Å². The van der Waals surface area contributed by atoms with E-state index in [1.807, 2.05) is 25.3 Å². The molecule has 0 aromatic heterocycles. The maximum absolute atomic E-state index is 13.2. The largest absolute Gasteiger partial charge is 0.490 e. The van der Waals surface area contributed by atoms with Gasteiger partial charge in [0.2, 0.25) is 0 Å². The van der Waals surface area contributed by atoms with Gasteiger partial charge in [0.05, 0.1) is 22.8 Å². The molecule has 6 heteroatoms. The molecule has 0 amide bonds. The third-order valence-electron chi connectivity index (χ3n) is 7.52. The summed E-state index contributed by atoms with van der Waals surface area (Å²) in [6.07, 6.45) is 7.59. The predicted molar refractivity (Wildman–Crippen MR) is 163 cm³/mol. The average molecular weight is 598 g/mol. The molecule has 6 rings (SSSR count). The first-order valence-electron chi connectivity index (χ1n) is 13.6. The summed E-state index contributed by atoms with van der Waals surface area (Å²) in [6.45, 7) is 2.74. The number of anilines is 1. The number of allylic oxidation sites excluding steroid dienone is 2. The van der Waals surface area contributed by atoms with E-state index < -0.39 is 0 Å². The lowest BCUT2D eigenvalue weighted by atomic mass is 9.77. The van der Waals surface area contributed by atoms with Gasteiger partial charge < -0.3 is 14.8 Å². The second-order valence-corrected chi connectivity index (χ2v) is 10.9. The summed E-state index contributed by atoms with van der Waals surface area (Å²) in [7, 11) is 0. The Bertz CT molecular complexity index is 1550. The van der Waals surface area contributed by atoms with Crippen LogP contribution in [0, 0.1) is 11.7 Å². The number of aliphatic imine (C=N–C) groups is 1. The van der Waals surface area contributed by atoms with E-state index in [0.717, 1.165) is 27.7 Å². The molecule has 1 aliphatic heterocycles. The standard InChI is InChI=1S/C34H30BrFN2O2/c1-2-39-32-19-23(18-30(35)34(32)40-21-22-10-14-25(36)15-11-22)20-37-26-16-12-24(13-17-26)33-29-8-5-7-27(29)28-6-3-4-9-31(28)38-33/h3-7,9-20,27,29,33,38H,2,8,21H2,1H3/t27-,29-,33-/m0/s1. The lowest BCUT2D eigenvalue weighted by molar-refractivity contribution is 0.267. The molecule has 0 fully saturated rings. The highest BCUT2D eigenvalue weighted by atomic mass is 79.9. The van der Waals surface area contributed by atoms with Gasteiger partial charge in [-0.2, -0.15) is 0 Å². The maximum atomic E-state index is 13.2. The molecule has 0 bridgehead atoms. The fourth-order valence-electron chi connectivity index (χ4n) is 5.59. The highest BCUT2D eigenvalue weighted by Crippen LogP contribution is 2.49. The van der Waals surface area contributed by atoms with Crippen molar-refractivity contribution in [3.8, 4) is 11.5 Å². The Balaban J connectivity index is 1.17. The molecule has 1 N–H and O–H groups in total. The van der Waals surface area contributed by atoms with Crippen LogP contribution in [-0.2, 0) is 6.61 Å². The zero-order chi connectivity index (χ0) is 27.5. The fraction of sp³-hybridized carbons (Fsp3) is 0.206. The average Bonchev–Trinajstić information content (AvgIpc) is 3.47. The van der Waals surface area contributed by atoms with Gasteiger partial charge in [-0.05, 0) is 99.9 Å². The van der Waals surface area contributed by atoms with Gasteiger partial charge in [0.15, 0.2) is 11.5 Å².